The van der Waals surface area contributed by atoms with Gasteiger partial charge in [0, 0.05) is 57.9 Å². The lowest BCUT2D eigenvalue weighted by Gasteiger charge is -2.36. The molecular weight excluding hydrogens is 560 g/mol. The van der Waals surface area contributed by atoms with Crippen LogP contribution in [0.3, 0.4) is 0 Å². The lowest BCUT2D eigenvalue weighted by Crippen LogP contribution is -2.54. The molecule has 5 rings (SSSR count). The molecule has 12 heteroatoms. The van der Waals surface area contributed by atoms with Crippen LogP contribution in [0.5, 0.6) is 0 Å². The maximum Gasteiger partial charge on any atom is 0.296 e. The molecule has 2 saturated heterocycles. The molecule has 3 aliphatic rings. The van der Waals surface area contributed by atoms with E-state index in [2.05, 4.69) is 4.90 Å². The number of benzene rings is 2. The Labute approximate surface area is 246 Å². The van der Waals surface area contributed by atoms with Crippen molar-refractivity contribution in [3.05, 3.63) is 65.2 Å². The summed E-state index contributed by atoms with van der Waals surface area (Å²) in [5.41, 5.74) is -0.999. The van der Waals surface area contributed by atoms with E-state index in [1.165, 1.54) is 43.3 Å². The first-order valence-corrected chi connectivity index (χ1v) is 15.5. The molecule has 0 radical (unpaired) electrons. The molecule has 2 amide bonds. The normalized spacial score (nSPS) is 22.5. The molecule has 0 aliphatic carbocycles. The topological polar surface area (TPSA) is 128 Å². The largest absolute Gasteiger partial charge is 0.507 e. The fourth-order valence-electron chi connectivity index (χ4n) is 5.91. The molecule has 1 spiro atoms. The maximum atomic E-state index is 14.6. The third-order valence-electron chi connectivity index (χ3n) is 8.19. The number of unbranched alkanes of at least 4 members (excludes halogenated alkanes) is 1. The van der Waals surface area contributed by atoms with E-state index in [4.69, 9.17) is 4.74 Å². The molecule has 42 heavy (non-hydrogen) atoms. The second-order valence-electron chi connectivity index (χ2n) is 10.8. The van der Waals surface area contributed by atoms with E-state index in [0.29, 0.717) is 57.1 Å². The number of Topliss-reactive ketones (excluding diaryl/α,β-unsaturated/α-hetero) is 1. The molecule has 1 N–H and O–H groups in total. The van der Waals surface area contributed by atoms with Crippen LogP contribution < -0.4 is 4.90 Å². The molecule has 224 valence electrons. The number of morpholine rings is 1. The van der Waals surface area contributed by atoms with Gasteiger partial charge in [0.2, 0.25) is 10.0 Å². The minimum Gasteiger partial charge on any atom is -0.507 e. The van der Waals surface area contributed by atoms with Crippen LogP contribution in [0.4, 0.5) is 5.69 Å². The van der Waals surface area contributed by atoms with Crippen molar-refractivity contribution in [2.45, 2.75) is 30.2 Å². The highest BCUT2D eigenvalue weighted by atomic mass is 32.2. The number of hydrogen-bond acceptors (Lipinski definition) is 8. The van der Waals surface area contributed by atoms with Crippen LogP contribution in [-0.2, 0) is 34.7 Å². The van der Waals surface area contributed by atoms with Gasteiger partial charge in [0.05, 0.1) is 29.4 Å². The van der Waals surface area contributed by atoms with Crippen molar-refractivity contribution in [1.29, 1.82) is 0 Å². The number of anilines is 1. The van der Waals surface area contributed by atoms with Crippen molar-refractivity contribution in [2.24, 2.45) is 0 Å². The van der Waals surface area contributed by atoms with E-state index in [9.17, 15) is 27.9 Å². The SMILES string of the molecule is CCCCN1C(=O)C2(/C(=C(\O)c3ccc(S(=O)(=O)N(C)C)cc3)C(=O)C(=O)N2CCN2CCOCC2)c2ccccc21. The molecular formula is C30H36N4O7S. The number of rotatable bonds is 9. The summed E-state index contributed by atoms with van der Waals surface area (Å²) in [5.74, 6) is -2.82. The number of hydrogen-bond donors (Lipinski definition) is 1. The molecule has 0 saturated carbocycles. The summed E-state index contributed by atoms with van der Waals surface area (Å²) in [4.78, 5) is 47.2. The van der Waals surface area contributed by atoms with Gasteiger partial charge in [-0.2, -0.15) is 0 Å². The minimum absolute atomic E-state index is 0.00208. The number of para-hydroxylation sites is 1. The molecule has 3 aliphatic heterocycles. The average molecular weight is 597 g/mol. The number of carbonyl (C=O) groups excluding carboxylic acids is 3. The van der Waals surface area contributed by atoms with Gasteiger partial charge in [0.15, 0.2) is 5.54 Å². The molecule has 2 aromatic rings. The van der Waals surface area contributed by atoms with Crippen LogP contribution in [0, 0.1) is 0 Å². The van der Waals surface area contributed by atoms with Crippen molar-refractivity contribution in [3.63, 3.8) is 0 Å². The smallest absolute Gasteiger partial charge is 0.296 e. The predicted octanol–water partition coefficient (Wildman–Crippen LogP) is 1.99. The van der Waals surface area contributed by atoms with E-state index in [1.54, 1.807) is 29.2 Å². The first-order valence-electron chi connectivity index (χ1n) is 14.1. The monoisotopic (exact) mass is 596 g/mol. The summed E-state index contributed by atoms with van der Waals surface area (Å²) in [6, 6.07) is 12.5. The zero-order valence-corrected chi connectivity index (χ0v) is 24.9. The van der Waals surface area contributed by atoms with Gasteiger partial charge in [-0.05, 0) is 36.8 Å². The van der Waals surface area contributed by atoms with Gasteiger partial charge < -0.3 is 19.6 Å². The Morgan fingerprint density at radius 3 is 2.29 bits per heavy atom. The van der Waals surface area contributed by atoms with Crippen molar-refractivity contribution in [1.82, 2.24) is 14.1 Å². The molecule has 0 bridgehead atoms. The first kappa shape index (κ1) is 29.9. The lowest BCUT2D eigenvalue weighted by atomic mass is 9.82. The third kappa shape index (κ3) is 4.72. The highest BCUT2D eigenvalue weighted by molar-refractivity contribution is 7.89. The number of amides is 2. The molecule has 2 fully saturated rings. The zero-order chi connectivity index (χ0) is 30.2. The average Bonchev–Trinajstić information content (AvgIpc) is 3.37. The van der Waals surface area contributed by atoms with Gasteiger partial charge in [0.25, 0.3) is 17.6 Å². The number of fused-ring (bicyclic) bond motifs is 2. The zero-order valence-electron chi connectivity index (χ0n) is 24.1. The van der Waals surface area contributed by atoms with Crippen LogP contribution in [0.15, 0.2) is 59.0 Å². The van der Waals surface area contributed by atoms with E-state index in [0.717, 1.165) is 10.7 Å². The number of aliphatic hydroxyl groups excluding tert-OH is 1. The highest BCUT2D eigenvalue weighted by Gasteiger charge is 2.67. The van der Waals surface area contributed by atoms with Crippen molar-refractivity contribution < 1.29 is 32.6 Å². The summed E-state index contributed by atoms with van der Waals surface area (Å²) >= 11 is 0. The number of aliphatic hydroxyl groups is 1. The number of carbonyl (C=O) groups is 3. The lowest BCUT2D eigenvalue weighted by molar-refractivity contribution is -0.144. The van der Waals surface area contributed by atoms with Gasteiger partial charge in [0.1, 0.15) is 5.76 Å². The van der Waals surface area contributed by atoms with Gasteiger partial charge in [-0.1, -0.05) is 31.5 Å². The Morgan fingerprint density at radius 1 is 0.976 bits per heavy atom. The Balaban J connectivity index is 1.68. The quantitative estimate of drug-likeness (QED) is 0.265. The van der Waals surface area contributed by atoms with E-state index in [1.807, 2.05) is 6.92 Å². The van der Waals surface area contributed by atoms with Crippen LogP contribution in [0.2, 0.25) is 0 Å². The molecule has 1 atom stereocenters. The highest BCUT2D eigenvalue weighted by Crippen LogP contribution is 2.53. The van der Waals surface area contributed by atoms with Crippen LogP contribution in [-0.4, -0.2) is 105 Å². The van der Waals surface area contributed by atoms with Crippen molar-refractivity contribution in [2.75, 3.05) is 64.9 Å². The number of ether oxygens (including phenoxy) is 1. The standard InChI is InChI=1S/C30H36N4O7S/c1-4-5-14-33-24-9-7-6-8-23(24)30(29(33)38)25(26(35)21-10-12-22(13-11-21)42(39,40)31(2)3)27(36)28(37)34(30)16-15-32-17-19-41-20-18-32/h6-13,35H,4-5,14-20H2,1-3H3/b26-25-. The number of sulfonamides is 1. The van der Waals surface area contributed by atoms with E-state index in [-0.39, 0.29) is 22.6 Å². The number of likely N-dealkylation sites (tertiary alicyclic amines) is 1. The second kappa shape index (κ2) is 11.6. The first-order chi connectivity index (χ1) is 20.1. The fraction of sp³-hybridized carbons (Fsp3) is 0.433. The van der Waals surface area contributed by atoms with Crippen LogP contribution >= 0.6 is 0 Å². The molecule has 3 heterocycles. The third-order valence-corrected chi connectivity index (χ3v) is 10.0. The van der Waals surface area contributed by atoms with Gasteiger partial charge in [-0.25, -0.2) is 12.7 Å². The summed E-state index contributed by atoms with van der Waals surface area (Å²) in [5, 5.41) is 11.7. The van der Waals surface area contributed by atoms with Crippen molar-refractivity contribution >= 4 is 39.1 Å². The summed E-state index contributed by atoms with van der Waals surface area (Å²) in [6.07, 6.45) is 1.53. The second-order valence-corrected chi connectivity index (χ2v) is 13.0. The number of nitrogens with zero attached hydrogens (tertiary/aromatic N) is 4. The van der Waals surface area contributed by atoms with E-state index >= 15 is 0 Å². The van der Waals surface area contributed by atoms with Gasteiger partial charge >= 0.3 is 0 Å². The Bertz CT molecular complexity index is 1530. The molecule has 2 aromatic carbocycles. The summed E-state index contributed by atoms with van der Waals surface area (Å²) in [7, 11) is -0.918. The number of ketones is 1. The van der Waals surface area contributed by atoms with Gasteiger partial charge in [-0.15, -0.1) is 0 Å². The summed E-state index contributed by atoms with van der Waals surface area (Å²) < 4.78 is 31.7. The van der Waals surface area contributed by atoms with Crippen LogP contribution in [0.1, 0.15) is 30.9 Å². The van der Waals surface area contributed by atoms with E-state index < -0.39 is 38.9 Å². The Morgan fingerprint density at radius 2 is 1.64 bits per heavy atom. The maximum absolute atomic E-state index is 14.6. The molecule has 1 unspecified atom stereocenters. The molecule has 11 nitrogen and oxygen atoms in total. The van der Waals surface area contributed by atoms with Gasteiger partial charge in [-0.3, -0.25) is 19.3 Å². The molecule has 0 aromatic heterocycles. The predicted molar refractivity (Wildman–Crippen MR) is 156 cm³/mol. The Hall–Kier alpha value is -3.58. The van der Waals surface area contributed by atoms with Crippen LogP contribution in [0.25, 0.3) is 5.76 Å². The Kier molecular flexibility index (Phi) is 8.26. The fourth-order valence-corrected chi connectivity index (χ4v) is 6.81. The minimum atomic E-state index is -3.74. The van der Waals surface area contributed by atoms with Crippen molar-refractivity contribution in [3.8, 4) is 0 Å². The summed E-state index contributed by atoms with van der Waals surface area (Å²) in [6.45, 7) is 5.32.